The molecule has 3 nitrogen and oxygen atoms in total. The number of aliphatic hydroxyl groups is 1. The first-order valence-corrected chi connectivity index (χ1v) is 6.16. The molecule has 1 unspecified atom stereocenters. The van der Waals surface area contributed by atoms with Gasteiger partial charge in [-0.15, -0.1) is 0 Å². The van der Waals surface area contributed by atoms with Gasteiger partial charge in [0.15, 0.2) is 0 Å². The van der Waals surface area contributed by atoms with Crippen LogP contribution < -0.4 is 11.1 Å². The van der Waals surface area contributed by atoms with Crippen molar-refractivity contribution in [3.8, 4) is 0 Å². The van der Waals surface area contributed by atoms with E-state index in [2.05, 4.69) is 5.32 Å². The molecule has 0 aliphatic heterocycles. The Bertz CT molecular complexity index is 371. The Labute approximate surface area is 108 Å². The second kappa shape index (κ2) is 5.67. The normalized spacial score (nSPS) is 12.9. The van der Waals surface area contributed by atoms with Crippen LogP contribution in [0.15, 0.2) is 12.1 Å². The maximum atomic E-state index is 13.3. The van der Waals surface area contributed by atoms with Gasteiger partial charge in [-0.05, 0) is 34.6 Å². The Balaban J connectivity index is 2.71. The molecule has 0 heterocycles. The third-order valence-corrected chi connectivity index (χ3v) is 3.19. The number of nitrogen functional groups attached to an aromatic ring is 1. The van der Waals surface area contributed by atoms with Crippen molar-refractivity contribution in [1.29, 1.82) is 0 Å². The molecule has 0 aliphatic carbocycles. The maximum absolute atomic E-state index is 13.3. The smallest absolute Gasteiger partial charge is 0.138 e. The van der Waals surface area contributed by atoms with Crippen LogP contribution in [0.3, 0.4) is 0 Å². The number of benzene rings is 1. The van der Waals surface area contributed by atoms with Gasteiger partial charge in [-0.1, -0.05) is 13.8 Å². The van der Waals surface area contributed by atoms with Gasteiger partial charge in [0.25, 0.3) is 0 Å². The van der Waals surface area contributed by atoms with E-state index in [4.69, 9.17) is 5.73 Å². The molecule has 0 amide bonds. The Morgan fingerprint density at radius 1 is 1.50 bits per heavy atom. The number of hydrogen-bond acceptors (Lipinski definition) is 3. The van der Waals surface area contributed by atoms with Crippen LogP contribution in [-0.4, -0.2) is 17.8 Å². The van der Waals surface area contributed by atoms with E-state index in [9.17, 15) is 9.50 Å². The highest BCUT2D eigenvalue weighted by atomic mass is 127. The molecule has 0 saturated carbocycles. The Morgan fingerprint density at radius 2 is 2.12 bits per heavy atom. The highest BCUT2D eigenvalue weighted by Crippen LogP contribution is 2.24. The third kappa shape index (κ3) is 3.48. The Hall–Kier alpha value is -0.560. The van der Waals surface area contributed by atoms with Gasteiger partial charge in [0.05, 0.1) is 21.0 Å². The van der Waals surface area contributed by atoms with E-state index in [1.165, 1.54) is 6.07 Å². The predicted molar refractivity (Wildman–Crippen MR) is 72.9 cm³/mol. The lowest BCUT2D eigenvalue weighted by Gasteiger charge is -2.17. The second-order valence-electron chi connectivity index (χ2n) is 4.05. The van der Waals surface area contributed by atoms with Gasteiger partial charge in [-0.3, -0.25) is 0 Å². The van der Waals surface area contributed by atoms with Crippen molar-refractivity contribution in [2.75, 3.05) is 17.6 Å². The topological polar surface area (TPSA) is 58.3 Å². The molecule has 16 heavy (non-hydrogen) atoms. The standard InChI is InChI=1S/C11H16FIN2O/c1-6(2)11(16)5-15-10-3-7(12)8(13)4-9(10)14/h3-4,6,11,15-16H,5,14H2,1-2H3. The molecule has 1 rings (SSSR count). The average molecular weight is 338 g/mol. The molecule has 0 fully saturated rings. The molecule has 0 saturated heterocycles. The quantitative estimate of drug-likeness (QED) is 0.584. The van der Waals surface area contributed by atoms with Crippen LogP contribution in [0.2, 0.25) is 0 Å². The van der Waals surface area contributed by atoms with Crippen molar-refractivity contribution in [2.24, 2.45) is 5.92 Å². The van der Waals surface area contributed by atoms with E-state index in [1.807, 2.05) is 36.4 Å². The number of rotatable bonds is 4. The fourth-order valence-corrected chi connectivity index (χ4v) is 1.66. The maximum Gasteiger partial charge on any atom is 0.138 e. The minimum atomic E-state index is -0.471. The van der Waals surface area contributed by atoms with E-state index in [0.29, 0.717) is 21.5 Å². The zero-order valence-corrected chi connectivity index (χ0v) is 11.5. The number of anilines is 2. The molecule has 0 spiro atoms. The largest absolute Gasteiger partial charge is 0.397 e. The molecule has 0 bridgehead atoms. The summed E-state index contributed by atoms with van der Waals surface area (Å²) in [5.74, 6) is -0.154. The summed E-state index contributed by atoms with van der Waals surface area (Å²) in [7, 11) is 0. The van der Waals surface area contributed by atoms with Crippen LogP contribution in [0.5, 0.6) is 0 Å². The summed E-state index contributed by atoms with van der Waals surface area (Å²) in [4.78, 5) is 0. The van der Waals surface area contributed by atoms with Crippen LogP contribution in [-0.2, 0) is 0 Å². The highest BCUT2D eigenvalue weighted by molar-refractivity contribution is 14.1. The molecule has 0 aromatic heterocycles. The molecular weight excluding hydrogens is 322 g/mol. The molecule has 1 aromatic carbocycles. The summed E-state index contributed by atoms with van der Waals surface area (Å²) in [5, 5.41) is 12.5. The van der Waals surface area contributed by atoms with Crippen LogP contribution in [0.1, 0.15) is 13.8 Å². The Morgan fingerprint density at radius 3 is 2.69 bits per heavy atom. The van der Waals surface area contributed by atoms with Gasteiger partial charge in [-0.2, -0.15) is 0 Å². The molecule has 1 atom stereocenters. The Kier molecular flexibility index (Phi) is 4.79. The molecule has 0 radical (unpaired) electrons. The molecular formula is C11H16FIN2O. The van der Waals surface area contributed by atoms with Crippen molar-refractivity contribution in [3.05, 3.63) is 21.5 Å². The minimum Gasteiger partial charge on any atom is -0.397 e. The molecule has 5 heteroatoms. The van der Waals surface area contributed by atoms with Crippen molar-refractivity contribution >= 4 is 34.0 Å². The van der Waals surface area contributed by atoms with Gasteiger partial charge >= 0.3 is 0 Å². The number of halogens is 2. The first kappa shape index (κ1) is 13.5. The fourth-order valence-electron chi connectivity index (χ4n) is 1.17. The third-order valence-electron chi connectivity index (χ3n) is 2.36. The van der Waals surface area contributed by atoms with Gasteiger partial charge in [0.2, 0.25) is 0 Å². The first-order valence-electron chi connectivity index (χ1n) is 5.08. The lowest BCUT2D eigenvalue weighted by atomic mass is 10.1. The SMILES string of the molecule is CC(C)C(O)CNc1cc(F)c(I)cc1N. The summed E-state index contributed by atoms with van der Waals surface area (Å²) in [6, 6.07) is 2.92. The van der Waals surface area contributed by atoms with Gasteiger partial charge in [0, 0.05) is 12.6 Å². The van der Waals surface area contributed by atoms with E-state index in [1.54, 1.807) is 6.07 Å². The summed E-state index contributed by atoms with van der Waals surface area (Å²) in [5.41, 5.74) is 6.75. The minimum absolute atomic E-state index is 0.155. The van der Waals surface area contributed by atoms with E-state index in [-0.39, 0.29) is 11.7 Å². The zero-order valence-electron chi connectivity index (χ0n) is 9.30. The lowest BCUT2D eigenvalue weighted by molar-refractivity contribution is 0.138. The average Bonchev–Trinajstić information content (AvgIpc) is 2.20. The van der Waals surface area contributed by atoms with Crippen molar-refractivity contribution < 1.29 is 9.50 Å². The van der Waals surface area contributed by atoms with Gasteiger partial charge in [-0.25, -0.2) is 4.39 Å². The monoisotopic (exact) mass is 338 g/mol. The summed E-state index contributed by atoms with van der Waals surface area (Å²) < 4.78 is 13.8. The highest BCUT2D eigenvalue weighted by Gasteiger charge is 2.10. The van der Waals surface area contributed by atoms with E-state index in [0.717, 1.165) is 0 Å². The zero-order chi connectivity index (χ0) is 12.3. The molecule has 1 aromatic rings. The van der Waals surface area contributed by atoms with Crippen molar-refractivity contribution in [2.45, 2.75) is 20.0 Å². The van der Waals surface area contributed by atoms with Crippen LogP contribution >= 0.6 is 22.6 Å². The van der Waals surface area contributed by atoms with Crippen LogP contribution in [0.4, 0.5) is 15.8 Å². The predicted octanol–water partition coefficient (Wildman–Crippen LogP) is 2.44. The van der Waals surface area contributed by atoms with Crippen molar-refractivity contribution in [3.63, 3.8) is 0 Å². The van der Waals surface area contributed by atoms with Crippen LogP contribution in [0.25, 0.3) is 0 Å². The summed E-state index contributed by atoms with van der Waals surface area (Å²) in [6.07, 6.45) is -0.471. The molecule has 0 aliphatic rings. The van der Waals surface area contributed by atoms with E-state index >= 15 is 0 Å². The number of hydrogen-bond donors (Lipinski definition) is 3. The van der Waals surface area contributed by atoms with Crippen molar-refractivity contribution in [1.82, 2.24) is 0 Å². The summed E-state index contributed by atoms with van der Waals surface area (Å²) >= 11 is 1.89. The molecule has 90 valence electrons. The number of nitrogens with one attached hydrogen (secondary N) is 1. The van der Waals surface area contributed by atoms with Crippen LogP contribution in [0, 0.1) is 15.3 Å². The number of aliphatic hydroxyl groups excluding tert-OH is 1. The summed E-state index contributed by atoms with van der Waals surface area (Å²) in [6.45, 7) is 4.20. The van der Waals surface area contributed by atoms with E-state index < -0.39 is 6.10 Å². The first-order chi connectivity index (χ1) is 7.41. The van der Waals surface area contributed by atoms with Gasteiger partial charge in [0.1, 0.15) is 5.82 Å². The molecule has 4 N–H and O–H groups in total. The second-order valence-corrected chi connectivity index (χ2v) is 5.21. The lowest BCUT2D eigenvalue weighted by Crippen LogP contribution is -2.25. The fraction of sp³-hybridized carbons (Fsp3) is 0.455. The number of nitrogens with two attached hydrogens (primary N) is 1. The van der Waals surface area contributed by atoms with Gasteiger partial charge < -0.3 is 16.2 Å².